The van der Waals surface area contributed by atoms with Crippen LogP contribution in [0.25, 0.3) is 0 Å². The summed E-state index contributed by atoms with van der Waals surface area (Å²) >= 11 is 0. The molecule has 12 N–H and O–H groups in total. The third-order valence-electron chi connectivity index (χ3n) is 9.97. The summed E-state index contributed by atoms with van der Waals surface area (Å²) in [5.41, 5.74) is 3.12. The first kappa shape index (κ1) is 63.9. The van der Waals surface area contributed by atoms with Crippen molar-refractivity contribution in [2.45, 2.75) is 97.2 Å². The number of piperidine rings is 2. The summed E-state index contributed by atoms with van der Waals surface area (Å²) in [4.78, 5) is 19.5. The average molecular weight is 959 g/mol. The van der Waals surface area contributed by atoms with Crippen molar-refractivity contribution < 1.29 is 79.6 Å². The van der Waals surface area contributed by atoms with Crippen molar-refractivity contribution in [3.8, 4) is 6.07 Å². The van der Waals surface area contributed by atoms with Gasteiger partial charge in [-0.15, -0.1) is 12.4 Å². The summed E-state index contributed by atoms with van der Waals surface area (Å²) in [5, 5.41) is 102. The Morgan fingerprint density at radius 2 is 0.970 bits per heavy atom. The Morgan fingerprint density at radius 3 is 1.29 bits per heavy atom. The van der Waals surface area contributed by atoms with E-state index in [1.54, 1.807) is 0 Å². The smallest absolute Gasteiger partial charge is 0.335 e. The van der Waals surface area contributed by atoms with Gasteiger partial charge in [-0.2, -0.15) is 5.26 Å². The van der Waals surface area contributed by atoms with Crippen LogP contribution in [0.1, 0.15) is 39.0 Å². The number of rotatable bonds is 14. The average Bonchev–Trinajstić information content (AvgIpc) is 3.29. The Morgan fingerprint density at radius 1 is 0.621 bits per heavy atom. The lowest BCUT2D eigenvalue weighted by Gasteiger charge is -2.39. The molecule has 3 aromatic rings. The molecule has 0 bridgehead atoms. The summed E-state index contributed by atoms with van der Waals surface area (Å²) in [5.74, 6) is -4.42. The van der Waals surface area contributed by atoms with Crippen molar-refractivity contribution in [2.75, 3.05) is 46.0 Å². The fourth-order valence-corrected chi connectivity index (χ4v) is 6.26. The van der Waals surface area contributed by atoms with Crippen molar-refractivity contribution >= 4 is 24.3 Å². The van der Waals surface area contributed by atoms with E-state index in [4.69, 9.17) is 59.8 Å². The Balaban J connectivity index is 0. The predicted octanol–water partition coefficient (Wildman–Crippen LogP) is 0.917. The molecule has 6 rings (SSSR count). The van der Waals surface area contributed by atoms with Crippen LogP contribution in [-0.4, -0.2) is 164 Å². The van der Waals surface area contributed by atoms with Crippen LogP contribution in [0, 0.1) is 29.1 Å². The molecule has 0 unspecified atom stereocenters. The van der Waals surface area contributed by atoms with Crippen LogP contribution >= 0.6 is 12.4 Å². The minimum Gasteiger partial charge on any atom is -0.479 e. The van der Waals surface area contributed by atoms with Gasteiger partial charge in [0.05, 0.1) is 62.8 Å². The third-order valence-corrected chi connectivity index (χ3v) is 9.97. The van der Waals surface area contributed by atoms with Gasteiger partial charge < -0.3 is 80.6 Å². The number of hydrogen-bond acceptors (Lipinski definition) is 17. The van der Waals surface area contributed by atoms with Crippen molar-refractivity contribution in [1.29, 1.82) is 5.26 Å². The standard InChI is InChI=1S/C27H27NO4.2C6H13NO3.C4H6O6.3CH4.ClH/c28-16-24-20-32-27(31-19-23-14-8-3-9-15-23)26(30-18-22-12-6-2-7-13-22)25(24)29-17-21-10-4-1-5-11-21;2*8-3-4-1-7-2-5(9)6(4)10;5-1(3(7)8)2(6)4(9)10;;;;/h1-15,24-27H,17-20H2;2*4-10H,1-3H2;1-2,5-6H,(H,7,8)(H,9,10);3*1H4;1H/t24-,25-,26+,27-;2*4-,5-,6-;1-,2-;;;;/m1111..../s1. The fourth-order valence-electron chi connectivity index (χ4n) is 6.26. The maximum absolute atomic E-state index is 9.77. The van der Waals surface area contributed by atoms with E-state index in [2.05, 4.69) is 16.7 Å². The van der Waals surface area contributed by atoms with Gasteiger partial charge in [0.15, 0.2) is 18.5 Å². The number of carbonyl (C=O) groups is 2. The van der Waals surface area contributed by atoms with E-state index in [-0.39, 0.29) is 66.3 Å². The van der Waals surface area contributed by atoms with E-state index in [0.29, 0.717) is 46.0 Å². The highest BCUT2D eigenvalue weighted by Gasteiger charge is 2.43. The first-order valence-corrected chi connectivity index (χ1v) is 20.0. The lowest BCUT2D eigenvalue weighted by Crippen LogP contribution is -2.53. The third kappa shape index (κ3) is 21.6. The molecule has 20 heteroatoms. The zero-order valence-corrected chi connectivity index (χ0v) is 35.3. The van der Waals surface area contributed by atoms with Crippen LogP contribution < -0.4 is 10.6 Å². The van der Waals surface area contributed by atoms with Crippen molar-refractivity contribution in [2.24, 2.45) is 17.8 Å². The predicted molar refractivity (Wildman–Crippen MR) is 246 cm³/mol. The largest absolute Gasteiger partial charge is 0.479 e. The van der Waals surface area contributed by atoms with Crippen molar-refractivity contribution in [3.05, 3.63) is 108 Å². The molecule has 0 aliphatic carbocycles. The first-order chi connectivity index (χ1) is 29.8. The lowest BCUT2D eigenvalue weighted by atomic mass is 9.95. The summed E-state index contributed by atoms with van der Waals surface area (Å²) in [7, 11) is 0. The molecular formula is C46H72ClN3O16. The topological polar surface area (TPSA) is 321 Å². The second-order valence-corrected chi connectivity index (χ2v) is 14.6. The number of aliphatic hydroxyl groups excluding tert-OH is 8. The van der Waals surface area contributed by atoms with Crippen LogP contribution in [0.3, 0.4) is 0 Å². The molecular weight excluding hydrogens is 886 g/mol. The van der Waals surface area contributed by atoms with Crippen LogP contribution in [0.15, 0.2) is 91.0 Å². The lowest BCUT2D eigenvalue weighted by molar-refractivity contribution is -0.280. The summed E-state index contributed by atoms with van der Waals surface area (Å²) in [6, 6.07) is 32.1. The molecule has 0 spiro atoms. The molecule has 3 fully saturated rings. The molecule has 0 saturated carbocycles. The second kappa shape index (κ2) is 35.0. The number of benzene rings is 3. The van der Waals surface area contributed by atoms with Crippen LogP contribution in [0.2, 0.25) is 0 Å². The molecule has 0 radical (unpaired) electrons. The number of ether oxygens (including phenoxy) is 4. The van der Waals surface area contributed by atoms with Crippen molar-refractivity contribution in [1.82, 2.24) is 10.6 Å². The quantitative estimate of drug-likeness (QED) is 0.107. The minimum absolute atomic E-state index is 0. The maximum Gasteiger partial charge on any atom is 0.335 e. The SMILES string of the molecule is C.C.C.Cl.N#C[C@@H]1CO[C@@H](OCc2ccccc2)[C@@H](OCc2ccccc2)[C@@H]1OCc1ccccc1.O=C(O)[C@H](O)[C@@H](O)C(=O)O.OC[C@H]1CNC[C@@H](O)[C@@H]1O.OC[C@H]1CNC[C@@H](O)[C@@H]1O. The van der Waals surface area contributed by atoms with Gasteiger partial charge in [-0.05, 0) is 16.7 Å². The summed E-state index contributed by atoms with van der Waals surface area (Å²) < 4.78 is 24.6. The van der Waals surface area contributed by atoms with Gasteiger partial charge >= 0.3 is 11.9 Å². The van der Waals surface area contributed by atoms with Crippen LogP contribution in [0.4, 0.5) is 0 Å². The number of aliphatic hydroxyl groups is 8. The number of hydrogen-bond donors (Lipinski definition) is 12. The summed E-state index contributed by atoms with van der Waals surface area (Å²) in [6.07, 6.45) is -9.19. The minimum atomic E-state index is -2.27. The Hall–Kier alpha value is -4.18. The summed E-state index contributed by atoms with van der Waals surface area (Å²) in [6.45, 7) is 3.22. The van der Waals surface area contributed by atoms with E-state index in [1.165, 1.54) is 0 Å². The monoisotopic (exact) mass is 957 g/mol. The zero-order chi connectivity index (χ0) is 45.4. The Kier molecular flexibility index (Phi) is 33.9. The number of aliphatic carboxylic acids is 2. The molecule has 374 valence electrons. The molecule has 3 aliphatic heterocycles. The second-order valence-electron chi connectivity index (χ2n) is 14.6. The first-order valence-electron chi connectivity index (χ1n) is 20.0. The molecule has 19 nitrogen and oxygen atoms in total. The number of halogens is 1. The highest BCUT2D eigenvalue weighted by molar-refractivity contribution is 5.85. The molecule has 3 aliphatic rings. The fraction of sp³-hybridized carbons (Fsp3) is 0.543. The van der Waals surface area contributed by atoms with Gasteiger partial charge in [-0.3, -0.25) is 0 Å². The Bertz CT molecular complexity index is 1690. The maximum atomic E-state index is 9.77. The van der Waals surface area contributed by atoms with Crippen LogP contribution in [-0.2, 0) is 48.4 Å². The highest BCUT2D eigenvalue weighted by Crippen LogP contribution is 2.29. The molecule has 66 heavy (non-hydrogen) atoms. The normalized spacial score (nSPS) is 26.1. The van der Waals surface area contributed by atoms with E-state index in [0.717, 1.165) is 16.7 Å². The van der Waals surface area contributed by atoms with Gasteiger partial charge in [-0.1, -0.05) is 113 Å². The molecule has 12 atom stereocenters. The Labute approximate surface area is 393 Å². The van der Waals surface area contributed by atoms with Crippen LogP contribution in [0.5, 0.6) is 0 Å². The molecule has 3 saturated heterocycles. The molecule has 3 aromatic carbocycles. The van der Waals surface area contributed by atoms with Gasteiger partial charge in [0, 0.05) is 51.2 Å². The van der Waals surface area contributed by atoms with Gasteiger partial charge in [-0.25, -0.2) is 9.59 Å². The molecule has 0 amide bonds. The van der Waals surface area contributed by atoms with Crippen molar-refractivity contribution in [3.63, 3.8) is 0 Å². The number of carboxylic acid groups (broad SMARTS) is 2. The van der Waals surface area contributed by atoms with Gasteiger partial charge in [0.25, 0.3) is 0 Å². The number of nitrogens with one attached hydrogen (secondary N) is 2. The number of nitriles is 1. The number of carboxylic acids is 2. The van der Waals surface area contributed by atoms with E-state index in [1.807, 2.05) is 91.0 Å². The van der Waals surface area contributed by atoms with E-state index in [9.17, 15) is 25.1 Å². The van der Waals surface area contributed by atoms with Gasteiger partial charge in [0.1, 0.15) is 12.2 Å². The molecule has 3 heterocycles. The number of β-amino-alcohol motifs (C(OH)–C–C–N with tert-alkyl or cyclic N) is 2. The van der Waals surface area contributed by atoms with E-state index >= 15 is 0 Å². The highest BCUT2D eigenvalue weighted by atomic mass is 35.5. The van der Waals surface area contributed by atoms with E-state index < -0.39 is 73.0 Å². The molecule has 0 aromatic heterocycles. The number of nitrogens with zero attached hydrogens (tertiary/aromatic N) is 1. The zero-order valence-electron chi connectivity index (χ0n) is 34.4. The van der Waals surface area contributed by atoms with Gasteiger partial charge in [0.2, 0.25) is 0 Å².